The molecule has 0 unspecified atom stereocenters. The van der Waals surface area contributed by atoms with Crippen molar-refractivity contribution in [3.05, 3.63) is 78.6 Å². The normalized spacial score (nSPS) is 11.0. The summed E-state index contributed by atoms with van der Waals surface area (Å²) in [7, 11) is 1.61. The summed E-state index contributed by atoms with van der Waals surface area (Å²) in [6, 6.07) is 11.5. The van der Waals surface area contributed by atoms with Gasteiger partial charge in [-0.25, -0.2) is 0 Å². The SMILES string of the molecule is C=C/C=C(/C(=O)NCCCCc1cccnc1)c1cccc(OC)c1. The maximum atomic E-state index is 12.5. The maximum absolute atomic E-state index is 12.5. The zero-order chi connectivity index (χ0) is 17.9. The molecule has 2 aromatic rings. The fraction of sp³-hybridized carbons (Fsp3) is 0.238. The van der Waals surface area contributed by atoms with Crippen molar-refractivity contribution in [1.29, 1.82) is 0 Å². The Morgan fingerprint density at radius 2 is 2.16 bits per heavy atom. The summed E-state index contributed by atoms with van der Waals surface area (Å²) in [5.41, 5.74) is 2.62. The summed E-state index contributed by atoms with van der Waals surface area (Å²) in [4.78, 5) is 16.6. The molecule has 0 bridgehead atoms. The first-order valence-electron chi connectivity index (χ1n) is 8.39. The topological polar surface area (TPSA) is 51.2 Å². The van der Waals surface area contributed by atoms with Crippen LogP contribution in [0.4, 0.5) is 0 Å². The highest BCUT2D eigenvalue weighted by atomic mass is 16.5. The predicted molar refractivity (Wildman–Crippen MR) is 101 cm³/mol. The quantitative estimate of drug-likeness (QED) is 0.430. The molecule has 0 radical (unpaired) electrons. The van der Waals surface area contributed by atoms with Crippen LogP contribution in [0, 0.1) is 0 Å². The van der Waals surface area contributed by atoms with E-state index in [1.54, 1.807) is 25.5 Å². The number of ether oxygens (including phenoxy) is 1. The van der Waals surface area contributed by atoms with E-state index < -0.39 is 0 Å². The van der Waals surface area contributed by atoms with Gasteiger partial charge in [-0.1, -0.05) is 30.9 Å². The molecule has 1 heterocycles. The van der Waals surface area contributed by atoms with E-state index in [-0.39, 0.29) is 5.91 Å². The van der Waals surface area contributed by atoms with Crippen molar-refractivity contribution in [2.45, 2.75) is 19.3 Å². The molecule has 0 aliphatic heterocycles. The van der Waals surface area contributed by atoms with Crippen LogP contribution in [0.3, 0.4) is 0 Å². The Balaban J connectivity index is 1.86. The predicted octanol–water partition coefficient (Wildman–Crippen LogP) is 3.80. The van der Waals surface area contributed by atoms with Gasteiger partial charge in [0.1, 0.15) is 5.75 Å². The fourth-order valence-electron chi connectivity index (χ4n) is 2.51. The lowest BCUT2D eigenvalue weighted by Gasteiger charge is -2.10. The lowest BCUT2D eigenvalue weighted by atomic mass is 10.0. The van der Waals surface area contributed by atoms with E-state index in [4.69, 9.17) is 4.74 Å². The van der Waals surface area contributed by atoms with Gasteiger partial charge >= 0.3 is 0 Å². The number of hydrogen-bond acceptors (Lipinski definition) is 3. The van der Waals surface area contributed by atoms with Crippen molar-refractivity contribution < 1.29 is 9.53 Å². The Labute approximate surface area is 149 Å². The second kappa shape index (κ2) is 10.1. The molecular weight excluding hydrogens is 312 g/mol. The van der Waals surface area contributed by atoms with Crippen LogP contribution >= 0.6 is 0 Å². The van der Waals surface area contributed by atoms with Crippen molar-refractivity contribution in [1.82, 2.24) is 10.3 Å². The van der Waals surface area contributed by atoms with E-state index >= 15 is 0 Å². The Morgan fingerprint density at radius 1 is 1.28 bits per heavy atom. The average Bonchev–Trinajstić information content (AvgIpc) is 2.66. The molecular formula is C21H24N2O2. The van der Waals surface area contributed by atoms with Crippen LogP contribution < -0.4 is 10.1 Å². The molecule has 0 fully saturated rings. The molecule has 4 nitrogen and oxygen atoms in total. The van der Waals surface area contributed by atoms with Gasteiger partial charge in [0.05, 0.1) is 7.11 Å². The number of allylic oxidation sites excluding steroid dienone is 2. The van der Waals surface area contributed by atoms with Gasteiger partial charge in [0, 0.05) is 24.5 Å². The van der Waals surface area contributed by atoms with Gasteiger partial charge in [-0.15, -0.1) is 0 Å². The number of methoxy groups -OCH3 is 1. The Kier molecular flexibility index (Phi) is 7.44. The van der Waals surface area contributed by atoms with Crippen molar-refractivity contribution >= 4 is 11.5 Å². The Morgan fingerprint density at radius 3 is 2.88 bits per heavy atom. The highest BCUT2D eigenvalue weighted by molar-refractivity contribution is 6.19. The molecule has 1 N–H and O–H groups in total. The van der Waals surface area contributed by atoms with Crippen LogP contribution in [0.2, 0.25) is 0 Å². The smallest absolute Gasteiger partial charge is 0.251 e. The number of unbranched alkanes of at least 4 members (excludes halogenated alkanes) is 1. The molecule has 130 valence electrons. The summed E-state index contributed by atoms with van der Waals surface area (Å²) in [5.74, 6) is 0.617. The number of aryl methyl sites for hydroxylation is 1. The highest BCUT2D eigenvalue weighted by Gasteiger charge is 2.11. The Bertz CT molecular complexity index is 724. The van der Waals surface area contributed by atoms with Gasteiger partial charge < -0.3 is 10.1 Å². The maximum Gasteiger partial charge on any atom is 0.251 e. The van der Waals surface area contributed by atoms with Crippen LogP contribution in [0.15, 0.2) is 67.5 Å². The number of nitrogens with one attached hydrogen (secondary N) is 1. The number of benzene rings is 1. The van der Waals surface area contributed by atoms with Crippen molar-refractivity contribution in [3.8, 4) is 5.75 Å². The molecule has 0 spiro atoms. The first-order chi connectivity index (χ1) is 12.2. The van der Waals surface area contributed by atoms with Crippen LogP contribution in [-0.4, -0.2) is 24.5 Å². The molecule has 0 saturated carbocycles. The third kappa shape index (κ3) is 5.92. The van der Waals surface area contributed by atoms with Crippen LogP contribution in [0.5, 0.6) is 5.75 Å². The van der Waals surface area contributed by atoms with E-state index in [1.807, 2.05) is 36.5 Å². The molecule has 1 aromatic heterocycles. The van der Waals surface area contributed by atoms with Crippen molar-refractivity contribution in [2.75, 3.05) is 13.7 Å². The second-order valence-electron chi connectivity index (χ2n) is 5.62. The largest absolute Gasteiger partial charge is 0.497 e. The van der Waals surface area contributed by atoms with Gasteiger partial charge in [0.2, 0.25) is 0 Å². The lowest BCUT2D eigenvalue weighted by Crippen LogP contribution is -2.25. The minimum atomic E-state index is -0.102. The van der Waals surface area contributed by atoms with Gasteiger partial charge in [-0.2, -0.15) is 0 Å². The summed E-state index contributed by atoms with van der Waals surface area (Å²) in [6.45, 7) is 4.34. The number of pyridine rings is 1. The monoisotopic (exact) mass is 336 g/mol. The summed E-state index contributed by atoms with van der Waals surface area (Å²) in [6.07, 6.45) is 9.89. The van der Waals surface area contributed by atoms with Gasteiger partial charge in [0.25, 0.3) is 5.91 Å². The molecule has 0 atom stereocenters. The Hall–Kier alpha value is -2.88. The molecule has 0 saturated heterocycles. The molecule has 2 rings (SSSR count). The third-order valence-electron chi connectivity index (χ3n) is 3.81. The minimum absolute atomic E-state index is 0.102. The van der Waals surface area contributed by atoms with Gasteiger partial charge in [-0.3, -0.25) is 9.78 Å². The fourth-order valence-corrected chi connectivity index (χ4v) is 2.51. The molecule has 1 amide bonds. The van der Waals surface area contributed by atoms with Crippen molar-refractivity contribution in [2.24, 2.45) is 0 Å². The molecule has 4 heteroatoms. The van der Waals surface area contributed by atoms with Crippen LogP contribution in [-0.2, 0) is 11.2 Å². The highest BCUT2D eigenvalue weighted by Crippen LogP contribution is 2.20. The summed E-state index contributed by atoms with van der Waals surface area (Å²) < 4.78 is 5.23. The molecule has 0 aliphatic rings. The third-order valence-corrected chi connectivity index (χ3v) is 3.81. The first kappa shape index (κ1) is 18.5. The van der Waals surface area contributed by atoms with Gasteiger partial charge in [-0.05, 0) is 54.7 Å². The van der Waals surface area contributed by atoms with E-state index in [2.05, 4.69) is 22.9 Å². The summed E-state index contributed by atoms with van der Waals surface area (Å²) in [5, 5.41) is 2.98. The van der Waals surface area contributed by atoms with Crippen molar-refractivity contribution in [3.63, 3.8) is 0 Å². The minimum Gasteiger partial charge on any atom is -0.497 e. The number of hydrogen-bond donors (Lipinski definition) is 1. The number of carbonyl (C=O) groups is 1. The van der Waals surface area contributed by atoms with E-state index in [9.17, 15) is 4.79 Å². The summed E-state index contributed by atoms with van der Waals surface area (Å²) >= 11 is 0. The lowest BCUT2D eigenvalue weighted by molar-refractivity contribution is -0.115. The zero-order valence-corrected chi connectivity index (χ0v) is 14.6. The second-order valence-corrected chi connectivity index (χ2v) is 5.62. The standard InChI is InChI=1S/C21H24N2O2/c1-3-8-20(18-11-6-12-19(15-18)25-2)21(24)23-14-5-4-9-17-10-7-13-22-16-17/h3,6-8,10-13,15-16H,1,4-5,9,14H2,2H3,(H,23,24)/b20-8+. The number of carbonyl (C=O) groups excluding carboxylic acids is 1. The van der Waals surface area contributed by atoms with Gasteiger partial charge in [0.15, 0.2) is 0 Å². The number of nitrogens with zero attached hydrogens (tertiary/aromatic N) is 1. The number of amides is 1. The first-order valence-corrected chi connectivity index (χ1v) is 8.39. The van der Waals surface area contributed by atoms with Crippen LogP contribution in [0.25, 0.3) is 5.57 Å². The molecule has 25 heavy (non-hydrogen) atoms. The number of aromatic nitrogens is 1. The zero-order valence-electron chi connectivity index (χ0n) is 14.6. The van der Waals surface area contributed by atoms with E-state index in [0.29, 0.717) is 12.1 Å². The number of rotatable bonds is 9. The molecule has 0 aliphatic carbocycles. The van der Waals surface area contributed by atoms with Crippen LogP contribution in [0.1, 0.15) is 24.0 Å². The van der Waals surface area contributed by atoms with E-state index in [0.717, 1.165) is 30.6 Å². The molecule has 1 aromatic carbocycles. The van der Waals surface area contributed by atoms with E-state index in [1.165, 1.54) is 5.56 Å². The average molecular weight is 336 g/mol.